The van der Waals surface area contributed by atoms with Crippen molar-refractivity contribution < 1.29 is 4.42 Å². The minimum Gasteiger partial charge on any atom is -0.455 e. The van der Waals surface area contributed by atoms with E-state index in [1.165, 1.54) is 44.5 Å². The summed E-state index contributed by atoms with van der Waals surface area (Å²) in [6, 6.07) is 83.7. The van der Waals surface area contributed by atoms with E-state index in [2.05, 4.69) is 233 Å². The smallest absolute Gasteiger partial charge is 0.143 e. The molecule has 0 saturated carbocycles. The van der Waals surface area contributed by atoms with Gasteiger partial charge in [0, 0.05) is 39.1 Å². The Kier molecular flexibility index (Phi) is 8.34. The molecule has 14 rings (SSSR count). The molecule has 68 heavy (non-hydrogen) atoms. The summed E-state index contributed by atoms with van der Waals surface area (Å²) in [5.74, 6) is 0. The van der Waals surface area contributed by atoms with Gasteiger partial charge < -0.3 is 19.1 Å². The molecule has 0 amide bonds. The van der Waals surface area contributed by atoms with E-state index in [9.17, 15) is 0 Å². The maximum atomic E-state index is 6.53. The lowest BCUT2D eigenvalue weighted by Crippen LogP contribution is -2.25. The quantitative estimate of drug-likeness (QED) is 0.150. The van der Waals surface area contributed by atoms with Crippen molar-refractivity contribution in [2.24, 2.45) is 4.99 Å². The fourth-order valence-corrected chi connectivity index (χ4v) is 11.7. The average molecular weight is 871 g/mol. The lowest BCUT2D eigenvalue weighted by atomic mass is 9.70. The van der Waals surface area contributed by atoms with Crippen LogP contribution in [0.4, 0.5) is 45.5 Å². The maximum absolute atomic E-state index is 6.53. The molecule has 5 nitrogen and oxygen atoms in total. The van der Waals surface area contributed by atoms with Gasteiger partial charge in [0.2, 0.25) is 0 Å². The van der Waals surface area contributed by atoms with Crippen molar-refractivity contribution in [3.05, 3.63) is 253 Å². The first-order valence-corrected chi connectivity index (χ1v) is 23.2. The number of rotatable bonds is 7. The highest BCUT2D eigenvalue weighted by atomic mass is 16.3. The second-order valence-electron chi connectivity index (χ2n) is 17.9. The molecule has 0 atom stereocenters. The van der Waals surface area contributed by atoms with Crippen molar-refractivity contribution in [3.63, 3.8) is 0 Å². The predicted octanol–water partition coefficient (Wildman–Crippen LogP) is 16.6. The summed E-state index contributed by atoms with van der Waals surface area (Å²) in [5, 5.41) is 2.24. The molecule has 0 unspecified atom stereocenters. The molecular formula is C63H42N4O. The van der Waals surface area contributed by atoms with Crippen LogP contribution in [0, 0.1) is 0 Å². The van der Waals surface area contributed by atoms with Crippen LogP contribution in [0.3, 0.4) is 0 Å². The van der Waals surface area contributed by atoms with Crippen molar-refractivity contribution in [2.75, 3.05) is 21.4 Å². The molecule has 0 radical (unpaired) electrons. The van der Waals surface area contributed by atoms with Gasteiger partial charge in [0.1, 0.15) is 17.8 Å². The Morgan fingerprint density at radius 1 is 0.426 bits per heavy atom. The summed E-state index contributed by atoms with van der Waals surface area (Å²) in [6.45, 7) is 4.59. The number of aliphatic imine (C=N–C) groups is 1. The van der Waals surface area contributed by atoms with Gasteiger partial charge in [-0.2, -0.15) is 0 Å². The van der Waals surface area contributed by atoms with Gasteiger partial charge in [-0.15, -0.1) is 0 Å². The Hall–Kier alpha value is -8.93. The number of fused-ring (bicyclic) bond motifs is 14. The van der Waals surface area contributed by atoms with E-state index < -0.39 is 5.41 Å². The normalized spacial score (nSPS) is 13.6. The maximum Gasteiger partial charge on any atom is 0.143 e. The molecule has 1 aliphatic heterocycles. The molecule has 320 valence electrons. The Balaban J connectivity index is 0.972. The standard InChI is InChI=1S/C63H42N4O/c1-64-57-27-12-13-28-58(57)66-40-65(42-16-3-2-4-17-42)59-37-35-45(39-60(59)66)67(43-32-30-41(31-33-43)46-22-15-23-51-50-21-8-14-29-61(50)68-62(46)51)44-34-36-56-52(38-44)49-20-7-11-26-55(49)63(56)53-24-9-5-18-47(53)48-19-6-10-25-54(48)63/h2-39H,1,40H2. The van der Waals surface area contributed by atoms with Crippen LogP contribution in [0.25, 0.3) is 55.3 Å². The predicted molar refractivity (Wildman–Crippen MR) is 281 cm³/mol. The van der Waals surface area contributed by atoms with Crippen LogP contribution in [-0.4, -0.2) is 13.4 Å². The van der Waals surface area contributed by atoms with E-state index in [0.29, 0.717) is 6.67 Å². The van der Waals surface area contributed by atoms with E-state index >= 15 is 0 Å². The third-order valence-corrected chi connectivity index (χ3v) is 14.6. The number of hydrogen-bond acceptors (Lipinski definition) is 5. The zero-order valence-corrected chi connectivity index (χ0v) is 37.1. The van der Waals surface area contributed by atoms with Crippen molar-refractivity contribution in [1.82, 2.24) is 0 Å². The average Bonchev–Trinajstić information content (AvgIpc) is 4.15. The minimum absolute atomic E-state index is 0.427. The topological polar surface area (TPSA) is 35.2 Å². The van der Waals surface area contributed by atoms with Crippen molar-refractivity contribution >= 4 is 74.2 Å². The highest BCUT2D eigenvalue weighted by molar-refractivity contribution is 6.09. The summed E-state index contributed by atoms with van der Waals surface area (Å²) in [5.41, 5.74) is 22.3. The molecule has 0 fully saturated rings. The van der Waals surface area contributed by atoms with Gasteiger partial charge >= 0.3 is 0 Å². The van der Waals surface area contributed by atoms with Crippen LogP contribution in [0.15, 0.2) is 240 Å². The van der Waals surface area contributed by atoms with E-state index in [0.717, 1.165) is 78.6 Å². The Bertz CT molecular complexity index is 3790. The molecular weight excluding hydrogens is 829 g/mol. The van der Waals surface area contributed by atoms with Crippen molar-refractivity contribution in [3.8, 4) is 33.4 Å². The molecule has 1 aromatic heterocycles. The molecule has 3 aliphatic rings. The summed E-state index contributed by atoms with van der Waals surface area (Å²) in [7, 11) is 0. The van der Waals surface area contributed by atoms with Gasteiger partial charge in [-0.25, -0.2) is 0 Å². The number of nitrogens with zero attached hydrogens (tertiary/aromatic N) is 4. The molecule has 10 aromatic carbocycles. The Morgan fingerprint density at radius 3 is 1.75 bits per heavy atom. The molecule has 1 spiro atoms. The molecule has 0 saturated heterocycles. The molecule has 5 heteroatoms. The first kappa shape index (κ1) is 38.3. The van der Waals surface area contributed by atoms with E-state index in [4.69, 9.17) is 4.42 Å². The highest BCUT2D eigenvalue weighted by Crippen LogP contribution is 2.63. The van der Waals surface area contributed by atoms with E-state index in [1.807, 2.05) is 24.3 Å². The summed E-state index contributed by atoms with van der Waals surface area (Å²) < 4.78 is 6.53. The Labute approximate surface area is 394 Å². The molecule has 2 aliphatic carbocycles. The van der Waals surface area contributed by atoms with Crippen LogP contribution < -0.4 is 14.7 Å². The van der Waals surface area contributed by atoms with E-state index in [-0.39, 0.29) is 0 Å². The van der Waals surface area contributed by atoms with Gasteiger partial charge in [-0.1, -0.05) is 158 Å². The van der Waals surface area contributed by atoms with Gasteiger partial charge in [0.25, 0.3) is 0 Å². The van der Waals surface area contributed by atoms with Gasteiger partial charge in [0.05, 0.1) is 28.2 Å². The van der Waals surface area contributed by atoms with Crippen LogP contribution in [0.2, 0.25) is 0 Å². The number of furan rings is 1. The largest absolute Gasteiger partial charge is 0.455 e. The lowest BCUT2D eigenvalue weighted by molar-refractivity contribution is 0.670. The molecule has 0 bridgehead atoms. The SMILES string of the molecule is C=Nc1ccccc1N1CN(c2ccccc2)c2ccc(N(c3ccc(-c4cccc5c4oc4ccccc45)cc3)c3ccc4c(c3)-c3ccccc3C43c4ccccc4-c4ccccc43)cc21. The van der Waals surface area contributed by atoms with Crippen LogP contribution in [0.1, 0.15) is 22.3 Å². The summed E-state index contributed by atoms with van der Waals surface area (Å²) >= 11 is 0. The molecule has 11 aromatic rings. The molecule has 0 N–H and O–H groups in total. The fourth-order valence-electron chi connectivity index (χ4n) is 11.7. The summed E-state index contributed by atoms with van der Waals surface area (Å²) in [4.78, 5) is 11.6. The first-order valence-electron chi connectivity index (χ1n) is 23.2. The monoisotopic (exact) mass is 870 g/mol. The Morgan fingerprint density at radius 2 is 1.00 bits per heavy atom. The number of benzene rings is 10. The minimum atomic E-state index is -0.427. The zero-order valence-electron chi connectivity index (χ0n) is 37.1. The molecule has 2 heterocycles. The third-order valence-electron chi connectivity index (χ3n) is 14.6. The lowest BCUT2D eigenvalue weighted by Gasteiger charge is -2.31. The van der Waals surface area contributed by atoms with Gasteiger partial charge in [0.15, 0.2) is 0 Å². The second-order valence-corrected chi connectivity index (χ2v) is 17.9. The highest BCUT2D eigenvalue weighted by Gasteiger charge is 2.51. The first-order chi connectivity index (χ1) is 33.7. The zero-order chi connectivity index (χ0) is 44.9. The third kappa shape index (κ3) is 5.41. The van der Waals surface area contributed by atoms with Crippen molar-refractivity contribution in [1.29, 1.82) is 0 Å². The number of anilines is 7. The summed E-state index contributed by atoms with van der Waals surface area (Å²) in [6.07, 6.45) is 0. The number of hydrogen-bond donors (Lipinski definition) is 0. The number of para-hydroxylation sites is 5. The second kappa shape index (κ2) is 14.8. The van der Waals surface area contributed by atoms with Crippen LogP contribution >= 0.6 is 0 Å². The fraction of sp³-hybridized carbons (Fsp3) is 0.0317. The van der Waals surface area contributed by atoms with Crippen molar-refractivity contribution in [2.45, 2.75) is 5.41 Å². The van der Waals surface area contributed by atoms with E-state index in [1.54, 1.807) is 0 Å². The van der Waals surface area contributed by atoms with Crippen LogP contribution in [0.5, 0.6) is 0 Å². The van der Waals surface area contributed by atoms with Crippen LogP contribution in [-0.2, 0) is 5.41 Å². The van der Waals surface area contributed by atoms with Gasteiger partial charge in [-0.3, -0.25) is 4.99 Å². The van der Waals surface area contributed by atoms with Gasteiger partial charge in [-0.05, 0) is 130 Å².